The maximum Gasteiger partial charge on any atom is 0.137 e. The fraction of sp³-hybridized carbons (Fsp3) is 0.643. The Hall–Kier alpha value is -1.73. The second-order valence-corrected chi connectivity index (χ2v) is 5.60. The fourth-order valence-corrected chi connectivity index (χ4v) is 2.88. The zero-order valence-electron chi connectivity index (χ0n) is 12.8. The molecule has 21 heavy (non-hydrogen) atoms. The lowest BCUT2D eigenvalue weighted by atomic mass is 10.2. The topological polar surface area (TPSA) is 71.9 Å². The maximum atomic E-state index is 5.55. The van der Waals surface area contributed by atoms with Gasteiger partial charge in [0.05, 0.1) is 24.4 Å². The van der Waals surface area contributed by atoms with Crippen LogP contribution in [0.1, 0.15) is 29.7 Å². The van der Waals surface area contributed by atoms with E-state index in [1.807, 2.05) is 11.6 Å². The number of imidazole rings is 1. The number of hydrogen-bond donors (Lipinski definition) is 1. The summed E-state index contributed by atoms with van der Waals surface area (Å²) in [7, 11) is 1.78. The molecule has 1 saturated heterocycles. The summed E-state index contributed by atoms with van der Waals surface area (Å²) >= 11 is 0. The minimum Gasteiger partial charge on any atom is -0.380 e. The highest BCUT2D eigenvalue weighted by Gasteiger charge is 2.34. The summed E-state index contributed by atoms with van der Waals surface area (Å²) in [6, 6.07) is 0.283. The molecular weight excluding hydrogens is 268 g/mol. The standard InChI is InChI=1S/C14H22N6O/c1-10-11(2)18-14(17-10)13-6-12(21-3)7-19(13)4-5-20-9-15-8-16-20/h8-9,12-13H,4-7H2,1-3H3,(H,17,18)/t12-,13+/m1/s1. The SMILES string of the molecule is CO[C@@H]1C[C@@H](c2nc(C)c(C)[nH]2)N(CCn2cncn2)C1. The average molecular weight is 290 g/mol. The number of likely N-dealkylation sites (tertiary alicyclic amines) is 1. The Labute approximate surface area is 124 Å². The van der Waals surface area contributed by atoms with Crippen molar-refractivity contribution in [3.8, 4) is 0 Å². The highest BCUT2D eigenvalue weighted by Crippen LogP contribution is 2.31. The molecule has 7 heteroatoms. The summed E-state index contributed by atoms with van der Waals surface area (Å²) in [6.45, 7) is 6.76. The van der Waals surface area contributed by atoms with E-state index in [1.165, 1.54) is 0 Å². The van der Waals surface area contributed by atoms with Gasteiger partial charge in [-0.25, -0.2) is 9.97 Å². The van der Waals surface area contributed by atoms with E-state index in [0.717, 1.165) is 43.3 Å². The van der Waals surface area contributed by atoms with Gasteiger partial charge in [-0.2, -0.15) is 5.10 Å². The molecule has 3 rings (SSSR count). The molecule has 7 nitrogen and oxygen atoms in total. The molecule has 0 radical (unpaired) electrons. The van der Waals surface area contributed by atoms with Gasteiger partial charge in [-0.3, -0.25) is 9.58 Å². The molecule has 0 unspecified atom stereocenters. The molecule has 114 valence electrons. The first-order valence-corrected chi connectivity index (χ1v) is 7.29. The van der Waals surface area contributed by atoms with E-state index in [-0.39, 0.29) is 12.1 Å². The molecule has 0 bridgehead atoms. The monoisotopic (exact) mass is 290 g/mol. The molecule has 1 aliphatic heterocycles. The first-order chi connectivity index (χ1) is 10.2. The molecule has 0 amide bonds. The number of nitrogens with one attached hydrogen (secondary N) is 1. The molecule has 3 heterocycles. The largest absolute Gasteiger partial charge is 0.380 e. The van der Waals surface area contributed by atoms with Crippen LogP contribution in [0.5, 0.6) is 0 Å². The molecule has 0 aromatic carbocycles. The molecule has 2 aromatic rings. The van der Waals surface area contributed by atoms with Crippen LogP contribution in [0, 0.1) is 13.8 Å². The van der Waals surface area contributed by atoms with Gasteiger partial charge in [0.25, 0.3) is 0 Å². The average Bonchev–Trinajstić information content (AvgIpc) is 3.18. The molecule has 1 fully saturated rings. The third-order valence-electron chi connectivity index (χ3n) is 4.24. The molecular formula is C14H22N6O. The summed E-state index contributed by atoms with van der Waals surface area (Å²) in [5.41, 5.74) is 2.21. The highest BCUT2D eigenvalue weighted by atomic mass is 16.5. The van der Waals surface area contributed by atoms with Gasteiger partial charge in [0.1, 0.15) is 18.5 Å². The van der Waals surface area contributed by atoms with E-state index in [9.17, 15) is 0 Å². The number of rotatable bonds is 5. The summed E-state index contributed by atoms with van der Waals surface area (Å²) in [5.74, 6) is 1.04. The lowest BCUT2D eigenvalue weighted by Gasteiger charge is -2.22. The van der Waals surface area contributed by atoms with Gasteiger partial charge in [-0.05, 0) is 20.3 Å². The molecule has 0 spiro atoms. The van der Waals surface area contributed by atoms with Gasteiger partial charge in [0, 0.05) is 25.9 Å². The van der Waals surface area contributed by atoms with Crippen molar-refractivity contribution in [1.29, 1.82) is 0 Å². The molecule has 0 aliphatic carbocycles. The van der Waals surface area contributed by atoms with E-state index < -0.39 is 0 Å². The Morgan fingerprint density at radius 1 is 1.38 bits per heavy atom. The minimum absolute atomic E-state index is 0.261. The second-order valence-electron chi connectivity index (χ2n) is 5.60. The van der Waals surface area contributed by atoms with Crippen molar-refractivity contribution >= 4 is 0 Å². The van der Waals surface area contributed by atoms with Gasteiger partial charge in [-0.1, -0.05) is 0 Å². The maximum absolute atomic E-state index is 5.55. The summed E-state index contributed by atoms with van der Waals surface area (Å²) in [6.07, 6.45) is 4.55. The van der Waals surface area contributed by atoms with Crippen LogP contribution in [0.3, 0.4) is 0 Å². The second kappa shape index (κ2) is 5.95. The number of aromatic nitrogens is 5. The highest BCUT2D eigenvalue weighted by molar-refractivity contribution is 5.14. The van der Waals surface area contributed by atoms with Crippen molar-refractivity contribution in [2.45, 2.75) is 39.0 Å². The predicted octanol–water partition coefficient (Wildman–Crippen LogP) is 1.08. The van der Waals surface area contributed by atoms with Crippen LogP contribution in [0.4, 0.5) is 0 Å². The Balaban J connectivity index is 1.72. The van der Waals surface area contributed by atoms with Crippen LogP contribution in [0.15, 0.2) is 12.7 Å². The quantitative estimate of drug-likeness (QED) is 0.892. The Morgan fingerprint density at radius 3 is 2.86 bits per heavy atom. The number of H-pyrrole nitrogens is 1. The number of hydrogen-bond acceptors (Lipinski definition) is 5. The van der Waals surface area contributed by atoms with Crippen LogP contribution >= 0.6 is 0 Å². The first-order valence-electron chi connectivity index (χ1n) is 7.29. The van der Waals surface area contributed by atoms with E-state index in [2.05, 4.69) is 31.9 Å². The molecule has 1 N–H and O–H groups in total. The third kappa shape index (κ3) is 2.98. The van der Waals surface area contributed by atoms with E-state index in [4.69, 9.17) is 4.74 Å². The summed E-state index contributed by atoms with van der Waals surface area (Å²) in [5, 5.41) is 4.16. The van der Waals surface area contributed by atoms with Crippen molar-refractivity contribution < 1.29 is 4.74 Å². The van der Waals surface area contributed by atoms with Crippen molar-refractivity contribution in [2.75, 3.05) is 20.2 Å². The van der Waals surface area contributed by atoms with Crippen molar-refractivity contribution in [2.24, 2.45) is 0 Å². The van der Waals surface area contributed by atoms with Gasteiger partial charge in [0.2, 0.25) is 0 Å². The molecule has 1 aliphatic rings. The van der Waals surface area contributed by atoms with E-state index >= 15 is 0 Å². The Kier molecular flexibility index (Phi) is 4.03. The molecule has 0 saturated carbocycles. The smallest absolute Gasteiger partial charge is 0.137 e. The van der Waals surface area contributed by atoms with Crippen LogP contribution in [0.25, 0.3) is 0 Å². The van der Waals surface area contributed by atoms with Crippen molar-refractivity contribution in [1.82, 2.24) is 29.6 Å². The first kappa shape index (κ1) is 14.2. The zero-order valence-corrected chi connectivity index (χ0v) is 12.8. The minimum atomic E-state index is 0.261. The van der Waals surface area contributed by atoms with Gasteiger partial charge >= 0.3 is 0 Å². The number of ether oxygens (including phenoxy) is 1. The summed E-state index contributed by atoms with van der Waals surface area (Å²) < 4.78 is 7.41. The predicted molar refractivity (Wildman–Crippen MR) is 77.8 cm³/mol. The van der Waals surface area contributed by atoms with Crippen LogP contribution in [-0.2, 0) is 11.3 Å². The third-order valence-corrected chi connectivity index (χ3v) is 4.24. The van der Waals surface area contributed by atoms with E-state index in [1.54, 1.807) is 19.8 Å². The summed E-state index contributed by atoms with van der Waals surface area (Å²) in [4.78, 5) is 14.5. The van der Waals surface area contributed by atoms with Gasteiger partial charge < -0.3 is 9.72 Å². The van der Waals surface area contributed by atoms with Gasteiger partial charge in [-0.15, -0.1) is 0 Å². The lowest BCUT2D eigenvalue weighted by molar-refractivity contribution is 0.107. The molecule has 2 atom stereocenters. The fourth-order valence-electron chi connectivity index (χ4n) is 2.88. The van der Waals surface area contributed by atoms with Crippen molar-refractivity contribution in [3.63, 3.8) is 0 Å². The Morgan fingerprint density at radius 2 is 2.24 bits per heavy atom. The van der Waals surface area contributed by atoms with E-state index in [0.29, 0.717) is 0 Å². The van der Waals surface area contributed by atoms with Crippen molar-refractivity contribution in [3.05, 3.63) is 29.9 Å². The normalized spacial score (nSPS) is 23.0. The van der Waals surface area contributed by atoms with Crippen LogP contribution < -0.4 is 0 Å². The number of methoxy groups -OCH3 is 1. The zero-order chi connectivity index (χ0) is 14.8. The van der Waals surface area contributed by atoms with Crippen LogP contribution in [-0.4, -0.2) is 55.9 Å². The molecule has 2 aromatic heterocycles. The number of aromatic amines is 1. The lowest BCUT2D eigenvalue weighted by Crippen LogP contribution is -2.29. The van der Waals surface area contributed by atoms with Crippen LogP contribution in [0.2, 0.25) is 0 Å². The van der Waals surface area contributed by atoms with Gasteiger partial charge in [0.15, 0.2) is 0 Å². The Bertz CT molecular complexity index is 559. The number of nitrogens with zero attached hydrogens (tertiary/aromatic N) is 5. The number of aryl methyl sites for hydroxylation is 2.